The smallest absolute Gasteiger partial charge is 0.328 e. The van der Waals surface area contributed by atoms with E-state index in [-0.39, 0.29) is 11.3 Å². The number of amides is 1. The van der Waals surface area contributed by atoms with E-state index in [0.717, 1.165) is 6.08 Å². The summed E-state index contributed by atoms with van der Waals surface area (Å²) in [6, 6.07) is 4.90. The Morgan fingerprint density at radius 1 is 1.33 bits per heavy atom. The quantitative estimate of drug-likeness (QED) is 0.818. The van der Waals surface area contributed by atoms with Gasteiger partial charge in [-0.05, 0) is 29.7 Å². The second-order valence-electron chi connectivity index (χ2n) is 5.87. The van der Waals surface area contributed by atoms with E-state index in [2.05, 4.69) is 5.32 Å². The van der Waals surface area contributed by atoms with E-state index in [1.165, 1.54) is 13.2 Å². The van der Waals surface area contributed by atoms with Crippen molar-refractivity contribution in [3.05, 3.63) is 35.4 Å². The van der Waals surface area contributed by atoms with Gasteiger partial charge in [0.1, 0.15) is 5.75 Å². The molecule has 21 heavy (non-hydrogen) atoms. The number of ether oxygens (including phenoxy) is 1. The lowest BCUT2D eigenvalue weighted by Gasteiger charge is -2.18. The van der Waals surface area contributed by atoms with E-state index >= 15 is 0 Å². The number of benzene rings is 1. The molecule has 5 heteroatoms. The molecule has 0 fully saturated rings. The van der Waals surface area contributed by atoms with E-state index in [1.54, 1.807) is 18.2 Å². The second-order valence-corrected chi connectivity index (χ2v) is 5.87. The van der Waals surface area contributed by atoms with Crippen LogP contribution in [0.15, 0.2) is 24.3 Å². The molecule has 1 rings (SSSR count). The first-order chi connectivity index (χ1) is 9.73. The molecular weight excluding hydrogens is 270 g/mol. The largest absolute Gasteiger partial charge is 0.496 e. The molecule has 1 amide bonds. The monoisotopic (exact) mass is 291 g/mol. The Bertz CT molecular complexity index is 556. The molecule has 0 atom stereocenters. The van der Waals surface area contributed by atoms with E-state index in [1.807, 2.05) is 20.8 Å². The molecule has 0 bridgehead atoms. The van der Waals surface area contributed by atoms with Crippen LogP contribution in [0.25, 0.3) is 6.08 Å². The molecule has 1 aromatic carbocycles. The van der Waals surface area contributed by atoms with Crippen molar-refractivity contribution in [3.63, 3.8) is 0 Å². The lowest BCUT2D eigenvalue weighted by atomic mass is 9.97. The zero-order valence-electron chi connectivity index (χ0n) is 12.8. The molecule has 0 radical (unpaired) electrons. The van der Waals surface area contributed by atoms with Crippen molar-refractivity contribution in [2.45, 2.75) is 20.8 Å². The second kappa shape index (κ2) is 6.92. The molecule has 0 aromatic heterocycles. The summed E-state index contributed by atoms with van der Waals surface area (Å²) >= 11 is 0. The zero-order valence-corrected chi connectivity index (χ0v) is 12.8. The van der Waals surface area contributed by atoms with E-state index in [4.69, 9.17) is 9.84 Å². The van der Waals surface area contributed by atoms with Gasteiger partial charge in [0, 0.05) is 23.7 Å². The highest BCUT2D eigenvalue weighted by molar-refractivity contribution is 5.95. The van der Waals surface area contributed by atoms with Crippen LogP contribution < -0.4 is 10.1 Å². The Balaban J connectivity index is 2.96. The Morgan fingerprint density at radius 3 is 2.52 bits per heavy atom. The van der Waals surface area contributed by atoms with Crippen LogP contribution in [0.1, 0.15) is 36.7 Å². The Kier molecular flexibility index (Phi) is 5.52. The zero-order chi connectivity index (χ0) is 16.0. The highest BCUT2D eigenvalue weighted by Gasteiger charge is 2.14. The highest BCUT2D eigenvalue weighted by Crippen LogP contribution is 2.21. The van der Waals surface area contributed by atoms with Gasteiger partial charge < -0.3 is 15.2 Å². The van der Waals surface area contributed by atoms with Crippen LogP contribution >= 0.6 is 0 Å². The van der Waals surface area contributed by atoms with Gasteiger partial charge in [-0.15, -0.1) is 0 Å². The molecule has 0 spiro atoms. The fraction of sp³-hybridized carbons (Fsp3) is 0.375. The van der Waals surface area contributed by atoms with Crippen molar-refractivity contribution < 1.29 is 19.4 Å². The Hall–Kier alpha value is -2.30. The molecule has 0 saturated carbocycles. The summed E-state index contributed by atoms with van der Waals surface area (Å²) in [5.41, 5.74) is 1.00. The molecule has 5 nitrogen and oxygen atoms in total. The third-order valence-corrected chi connectivity index (χ3v) is 2.68. The van der Waals surface area contributed by atoms with Gasteiger partial charge in [-0.1, -0.05) is 20.8 Å². The van der Waals surface area contributed by atoms with Gasteiger partial charge in [-0.25, -0.2) is 4.79 Å². The molecule has 0 aliphatic carbocycles. The van der Waals surface area contributed by atoms with Crippen molar-refractivity contribution in [3.8, 4) is 5.75 Å². The van der Waals surface area contributed by atoms with Gasteiger partial charge in [0.15, 0.2) is 0 Å². The summed E-state index contributed by atoms with van der Waals surface area (Å²) < 4.78 is 5.15. The molecule has 0 aliphatic heterocycles. The third kappa shape index (κ3) is 5.69. The van der Waals surface area contributed by atoms with Crippen LogP contribution in [-0.2, 0) is 4.79 Å². The number of hydrogen-bond acceptors (Lipinski definition) is 3. The van der Waals surface area contributed by atoms with Crippen LogP contribution in [-0.4, -0.2) is 30.6 Å². The van der Waals surface area contributed by atoms with Gasteiger partial charge in [0.2, 0.25) is 0 Å². The van der Waals surface area contributed by atoms with Gasteiger partial charge in [0.25, 0.3) is 5.91 Å². The predicted octanol–water partition coefficient (Wildman–Crippen LogP) is 2.57. The van der Waals surface area contributed by atoms with Gasteiger partial charge in [-0.3, -0.25) is 4.79 Å². The van der Waals surface area contributed by atoms with E-state index in [0.29, 0.717) is 23.4 Å². The first-order valence-corrected chi connectivity index (χ1v) is 6.60. The minimum atomic E-state index is -1.06. The molecule has 2 N–H and O–H groups in total. The van der Waals surface area contributed by atoms with Crippen LogP contribution in [0.3, 0.4) is 0 Å². The number of carboxylic acids is 1. The van der Waals surface area contributed by atoms with Crippen molar-refractivity contribution in [2.24, 2.45) is 5.41 Å². The SMILES string of the molecule is COc1ccc(C(=O)NCC(C)(C)C)cc1C=CC(=O)O. The van der Waals surface area contributed by atoms with Gasteiger partial charge >= 0.3 is 5.97 Å². The topological polar surface area (TPSA) is 75.6 Å². The minimum Gasteiger partial charge on any atom is -0.496 e. The number of carbonyl (C=O) groups excluding carboxylic acids is 1. The average molecular weight is 291 g/mol. The maximum absolute atomic E-state index is 12.1. The van der Waals surface area contributed by atoms with Crippen LogP contribution in [0.5, 0.6) is 5.75 Å². The molecule has 114 valence electrons. The first kappa shape index (κ1) is 16.8. The fourth-order valence-corrected chi connectivity index (χ4v) is 1.61. The maximum Gasteiger partial charge on any atom is 0.328 e. The third-order valence-electron chi connectivity index (χ3n) is 2.68. The van der Waals surface area contributed by atoms with E-state index < -0.39 is 5.97 Å². The summed E-state index contributed by atoms with van der Waals surface area (Å²) in [5.74, 6) is -0.739. The standard InChI is InChI=1S/C16H21NO4/c1-16(2,3)10-17-15(20)12-5-7-13(21-4)11(9-12)6-8-14(18)19/h5-9H,10H2,1-4H3,(H,17,20)(H,18,19). The molecule has 0 saturated heterocycles. The number of rotatable bonds is 5. The minimum absolute atomic E-state index is 0.00578. The lowest BCUT2D eigenvalue weighted by molar-refractivity contribution is -0.131. The van der Waals surface area contributed by atoms with Crippen LogP contribution in [0, 0.1) is 5.41 Å². The van der Waals surface area contributed by atoms with E-state index in [9.17, 15) is 9.59 Å². The Morgan fingerprint density at radius 2 is 2.00 bits per heavy atom. The van der Waals surface area contributed by atoms with Crippen molar-refractivity contribution >= 4 is 18.0 Å². The highest BCUT2D eigenvalue weighted by atomic mass is 16.5. The average Bonchev–Trinajstić information content (AvgIpc) is 2.41. The number of aliphatic carboxylic acids is 1. The normalized spacial score (nSPS) is 11.4. The summed E-state index contributed by atoms with van der Waals surface area (Å²) in [7, 11) is 1.49. The van der Waals surface area contributed by atoms with Crippen molar-refractivity contribution in [1.82, 2.24) is 5.32 Å². The van der Waals surface area contributed by atoms with Crippen molar-refractivity contribution in [1.29, 1.82) is 0 Å². The molecule has 0 heterocycles. The summed E-state index contributed by atoms with van der Waals surface area (Å²) in [6.45, 7) is 6.64. The molecule has 0 aliphatic rings. The first-order valence-electron chi connectivity index (χ1n) is 6.60. The predicted molar refractivity (Wildman–Crippen MR) is 81.5 cm³/mol. The number of hydrogen-bond donors (Lipinski definition) is 2. The molecular formula is C16H21NO4. The van der Waals surface area contributed by atoms with Crippen LogP contribution in [0.2, 0.25) is 0 Å². The van der Waals surface area contributed by atoms with Gasteiger partial charge in [-0.2, -0.15) is 0 Å². The molecule has 0 unspecified atom stereocenters. The maximum atomic E-state index is 12.1. The van der Waals surface area contributed by atoms with Crippen LogP contribution in [0.4, 0.5) is 0 Å². The Labute approximate surface area is 124 Å². The number of methoxy groups -OCH3 is 1. The number of carbonyl (C=O) groups is 2. The number of nitrogens with one attached hydrogen (secondary N) is 1. The molecule has 1 aromatic rings. The summed E-state index contributed by atoms with van der Waals surface area (Å²) in [5, 5.41) is 11.5. The summed E-state index contributed by atoms with van der Waals surface area (Å²) in [6.07, 6.45) is 2.41. The lowest BCUT2D eigenvalue weighted by Crippen LogP contribution is -2.32. The van der Waals surface area contributed by atoms with Gasteiger partial charge in [0.05, 0.1) is 7.11 Å². The number of carboxylic acid groups (broad SMARTS) is 1. The van der Waals surface area contributed by atoms with Crippen molar-refractivity contribution in [2.75, 3.05) is 13.7 Å². The fourth-order valence-electron chi connectivity index (χ4n) is 1.61. The summed E-state index contributed by atoms with van der Waals surface area (Å²) in [4.78, 5) is 22.7.